The molecule has 0 fully saturated rings. The van der Waals surface area contributed by atoms with Crippen molar-refractivity contribution < 1.29 is 0 Å². The summed E-state index contributed by atoms with van der Waals surface area (Å²) in [6.07, 6.45) is 3.19. The zero-order valence-corrected chi connectivity index (χ0v) is 5.41. The highest BCUT2D eigenvalue weighted by Crippen LogP contribution is 2.02. The molecule has 0 aliphatic heterocycles. The fourth-order valence-electron chi connectivity index (χ4n) is 0.699. The summed E-state index contributed by atoms with van der Waals surface area (Å²) in [5.74, 6) is 0. The van der Waals surface area contributed by atoms with E-state index in [1.807, 2.05) is 6.07 Å². The van der Waals surface area contributed by atoms with Gasteiger partial charge in [0, 0.05) is 24.5 Å². The lowest BCUT2D eigenvalue weighted by atomic mass is 10.2. The number of nitriles is 1. The average molecular weight is 133 g/mol. The van der Waals surface area contributed by atoms with Gasteiger partial charge in [-0.2, -0.15) is 5.26 Å². The van der Waals surface area contributed by atoms with Crippen molar-refractivity contribution in [2.45, 2.75) is 6.54 Å². The number of nitrogens with zero attached hydrogens (tertiary/aromatic N) is 2. The number of hydrogen-bond acceptors (Lipinski definition) is 3. The molecule has 0 radical (unpaired) electrons. The molecular weight excluding hydrogens is 126 g/mol. The molecule has 0 aliphatic rings. The summed E-state index contributed by atoms with van der Waals surface area (Å²) < 4.78 is 0. The van der Waals surface area contributed by atoms with Crippen molar-refractivity contribution in [1.29, 1.82) is 5.26 Å². The van der Waals surface area contributed by atoms with Gasteiger partial charge in [0.2, 0.25) is 0 Å². The molecule has 0 bridgehead atoms. The van der Waals surface area contributed by atoms with Crippen LogP contribution in [0.1, 0.15) is 11.1 Å². The van der Waals surface area contributed by atoms with E-state index in [9.17, 15) is 0 Å². The van der Waals surface area contributed by atoms with Crippen molar-refractivity contribution in [1.82, 2.24) is 4.98 Å². The van der Waals surface area contributed by atoms with E-state index in [-0.39, 0.29) is 0 Å². The first kappa shape index (κ1) is 6.72. The van der Waals surface area contributed by atoms with Crippen molar-refractivity contribution in [2.75, 3.05) is 0 Å². The van der Waals surface area contributed by atoms with E-state index in [4.69, 9.17) is 11.0 Å². The third kappa shape index (κ3) is 1.12. The Morgan fingerprint density at radius 2 is 2.50 bits per heavy atom. The Morgan fingerprint density at radius 3 is 3.00 bits per heavy atom. The van der Waals surface area contributed by atoms with E-state index in [0.717, 1.165) is 5.56 Å². The van der Waals surface area contributed by atoms with Crippen molar-refractivity contribution in [2.24, 2.45) is 5.73 Å². The smallest absolute Gasteiger partial charge is 0.0996 e. The summed E-state index contributed by atoms with van der Waals surface area (Å²) in [5, 5.41) is 8.52. The van der Waals surface area contributed by atoms with Gasteiger partial charge in [0.05, 0.1) is 11.6 Å². The predicted octanol–water partition coefficient (Wildman–Crippen LogP) is 0.412. The Labute approximate surface area is 59.1 Å². The number of aromatic nitrogens is 1. The third-order valence-corrected chi connectivity index (χ3v) is 1.24. The van der Waals surface area contributed by atoms with Gasteiger partial charge in [0.25, 0.3) is 0 Å². The molecular formula is C7H7N3. The maximum atomic E-state index is 8.52. The fourth-order valence-corrected chi connectivity index (χ4v) is 0.699. The predicted molar refractivity (Wildman–Crippen MR) is 36.8 cm³/mol. The van der Waals surface area contributed by atoms with Crippen molar-refractivity contribution >= 4 is 0 Å². The van der Waals surface area contributed by atoms with Crippen LogP contribution in [0.25, 0.3) is 0 Å². The summed E-state index contributed by atoms with van der Waals surface area (Å²) in [5.41, 5.74) is 6.74. The summed E-state index contributed by atoms with van der Waals surface area (Å²) >= 11 is 0. The van der Waals surface area contributed by atoms with Crippen LogP contribution in [-0.4, -0.2) is 4.98 Å². The lowest BCUT2D eigenvalue weighted by Crippen LogP contribution is -1.99. The van der Waals surface area contributed by atoms with E-state index in [2.05, 4.69) is 4.98 Å². The molecule has 50 valence electrons. The molecule has 0 unspecified atom stereocenters. The van der Waals surface area contributed by atoms with Gasteiger partial charge in [0.1, 0.15) is 0 Å². The zero-order chi connectivity index (χ0) is 7.40. The number of nitrogens with two attached hydrogens (primary N) is 1. The summed E-state index contributed by atoms with van der Waals surface area (Å²) in [7, 11) is 0. The fraction of sp³-hybridized carbons (Fsp3) is 0.143. The second kappa shape index (κ2) is 2.95. The molecule has 0 aliphatic carbocycles. The molecule has 1 rings (SSSR count). The normalized spacial score (nSPS) is 8.80. The van der Waals surface area contributed by atoms with Crippen LogP contribution in [0.5, 0.6) is 0 Å². The molecule has 0 saturated heterocycles. The van der Waals surface area contributed by atoms with Crippen LogP contribution < -0.4 is 5.73 Å². The second-order valence-electron chi connectivity index (χ2n) is 1.85. The highest BCUT2D eigenvalue weighted by atomic mass is 14.6. The minimum atomic E-state index is 0.372. The topological polar surface area (TPSA) is 62.7 Å². The monoisotopic (exact) mass is 133 g/mol. The minimum Gasteiger partial charge on any atom is -0.326 e. The molecule has 0 saturated carbocycles. The van der Waals surface area contributed by atoms with Gasteiger partial charge in [-0.1, -0.05) is 0 Å². The third-order valence-electron chi connectivity index (χ3n) is 1.24. The first-order chi connectivity index (χ1) is 4.88. The second-order valence-corrected chi connectivity index (χ2v) is 1.85. The number of rotatable bonds is 1. The summed E-state index contributed by atoms with van der Waals surface area (Å²) in [6, 6.07) is 3.68. The van der Waals surface area contributed by atoms with Gasteiger partial charge in [0.15, 0.2) is 0 Å². The van der Waals surface area contributed by atoms with E-state index >= 15 is 0 Å². The highest BCUT2D eigenvalue weighted by Gasteiger charge is 1.96. The Kier molecular flexibility index (Phi) is 1.98. The molecule has 10 heavy (non-hydrogen) atoms. The number of pyridine rings is 1. The first-order valence-electron chi connectivity index (χ1n) is 2.91. The van der Waals surface area contributed by atoms with E-state index < -0.39 is 0 Å². The molecule has 3 heteroatoms. The van der Waals surface area contributed by atoms with E-state index in [1.165, 1.54) is 0 Å². The zero-order valence-electron chi connectivity index (χ0n) is 5.41. The number of hydrogen-bond donors (Lipinski definition) is 1. The Bertz CT molecular complexity index is 262. The molecule has 0 atom stereocenters. The Balaban J connectivity index is 3.12. The van der Waals surface area contributed by atoms with E-state index in [0.29, 0.717) is 12.1 Å². The van der Waals surface area contributed by atoms with E-state index in [1.54, 1.807) is 18.5 Å². The average Bonchev–Trinajstić information content (AvgIpc) is 2.04. The largest absolute Gasteiger partial charge is 0.326 e. The highest BCUT2D eigenvalue weighted by molar-refractivity contribution is 5.34. The van der Waals surface area contributed by atoms with Gasteiger partial charge in [-0.3, -0.25) is 4.98 Å². The molecule has 1 heterocycles. The lowest BCUT2D eigenvalue weighted by molar-refractivity contribution is 1.04. The SMILES string of the molecule is N#Cc1ccncc1CN. The van der Waals surface area contributed by atoms with Crippen LogP contribution in [0.15, 0.2) is 18.5 Å². The van der Waals surface area contributed by atoms with Gasteiger partial charge < -0.3 is 5.73 Å². The molecule has 2 N–H and O–H groups in total. The molecule has 3 nitrogen and oxygen atoms in total. The summed E-state index contributed by atoms with van der Waals surface area (Å²) in [4.78, 5) is 3.83. The first-order valence-corrected chi connectivity index (χ1v) is 2.91. The van der Waals surface area contributed by atoms with Crippen LogP contribution in [-0.2, 0) is 6.54 Å². The van der Waals surface area contributed by atoms with Gasteiger partial charge in [-0.05, 0) is 6.07 Å². The van der Waals surface area contributed by atoms with Crippen molar-refractivity contribution in [3.05, 3.63) is 29.6 Å². The van der Waals surface area contributed by atoms with Crippen LogP contribution in [0.2, 0.25) is 0 Å². The molecule has 0 amide bonds. The van der Waals surface area contributed by atoms with Gasteiger partial charge in [-0.25, -0.2) is 0 Å². The standard InChI is InChI=1S/C7H7N3/c8-3-6-1-2-10-5-7(6)4-9/h1-2,5H,4,9H2. The maximum Gasteiger partial charge on any atom is 0.0996 e. The molecule has 1 aromatic heterocycles. The van der Waals surface area contributed by atoms with Crippen LogP contribution in [0, 0.1) is 11.3 Å². The molecule has 0 spiro atoms. The lowest BCUT2D eigenvalue weighted by Gasteiger charge is -1.95. The summed E-state index contributed by atoms with van der Waals surface area (Å²) in [6.45, 7) is 0.372. The van der Waals surface area contributed by atoms with Gasteiger partial charge in [-0.15, -0.1) is 0 Å². The van der Waals surface area contributed by atoms with Crippen LogP contribution in [0.3, 0.4) is 0 Å². The maximum absolute atomic E-state index is 8.52. The Hall–Kier alpha value is -1.40. The molecule has 0 aromatic carbocycles. The minimum absolute atomic E-state index is 0.372. The van der Waals surface area contributed by atoms with Crippen molar-refractivity contribution in [3.63, 3.8) is 0 Å². The van der Waals surface area contributed by atoms with Gasteiger partial charge >= 0.3 is 0 Å². The van der Waals surface area contributed by atoms with Crippen LogP contribution in [0.4, 0.5) is 0 Å². The quantitative estimate of drug-likeness (QED) is 0.603. The Morgan fingerprint density at radius 1 is 1.70 bits per heavy atom. The van der Waals surface area contributed by atoms with Crippen molar-refractivity contribution in [3.8, 4) is 6.07 Å². The van der Waals surface area contributed by atoms with Crippen LogP contribution >= 0.6 is 0 Å². The molecule has 1 aromatic rings.